The Morgan fingerprint density at radius 3 is 3.21 bits per heavy atom. The summed E-state index contributed by atoms with van der Waals surface area (Å²) in [7, 11) is 0. The molecule has 3 heterocycles. The molecular weight excluding hydrogens is 182 g/mol. The predicted octanol–water partition coefficient (Wildman–Crippen LogP) is -0.0342. The van der Waals surface area contributed by atoms with Gasteiger partial charge in [0.25, 0.3) is 11.3 Å². The van der Waals surface area contributed by atoms with E-state index in [9.17, 15) is 4.79 Å². The van der Waals surface area contributed by atoms with Crippen LogP contribution >= 0.6 is 0 Å². The molecule has 0 aliphatic carbocycles. The molecule has 0 atom stereocenters. The summed E-state index contributed by atoms with van der Waals surface area (Å²) in [6, 6.07) is 1.76. The number of hydrogen-bond donors (Lipinski definition) is 1. The third-order valence-corrected chi connectivity index (χ3v) is 2.04. The Kier molecular flexibility index (Phi) is 1.22. The Labute approximate surface area is 77.2 Å². The van der Waals surface area contributed by atoms with Gasteiger partial charge in [0, 0.05) is 12.4 Å². The van der Waals surface area contributed by atoms with E-state index in [-0.39, 0.29) is 5.56 Å². The van der Waals surface area contributed by atoms with Gasteiger partial charge in [-0.05, 0) is 6.07 Å². The minimum absolute atomic E-state index is 0.174. The summed E-state index contributed by atoms with van der Waals surface area (Å²) in [5.74, 6) is 0.489. The van der Waals surface area contributed by atoms with Crippen LogP contribution in [0.3, 0.4) is 0 Å². The average molecular weight is 187 g/mol. The summed E-state index contributed by atoms with van der Waals surface area (Å²) in [6.45, 7) is 0. The van der Waals surface area contributed by atoms with Crippen molar-refractivity contribution < 1.29 is 0 Å². The Balaban J connectivity index is 2.71. The lowest BCUT2D eigenvalue weighted by atomic mass is 10.3. The van der Waals surface area contributed by atoms with Gasteiger partial charge in [0.1, 0.15) is 6.33 Å². The van der Waals surface area contributed by atoms with Crippen molar-refractivity contribution in [2.75, 3.05) is 0 Å². The van der Waals surface area contributed by atoms with Crippen LogP contribution in [0.2, 0.25) is 0 Å². The van der Waals surface area contributed by atoms with Gasteiger partial charge in [-0.15, -0.1) is 0 Å². The molecule has 6 nitrogen and oxygen atoms in total. The van der Waals surface area contributed by atoms with Gasteiger partial charge in [-0.1, -0.05) is 0 Å². The van der Waals surface area contributed by atoms with Gasteiger partial charge in [0.05, 0.1) is 10.9 Å². The molecule has 14 heavy (non-hydrogen) atoms. The van der Waals surface area contributed by atoms with Gasteiger partial charge in [-0.25, -0.2) is 4.98 Å². The van der Waals surface area contributed by atoms with E-state index in [0.29, 0.717) is 16.7 Å². The van der Waals surface area contributed by atoms with Crippen LogP contribution in [0.5, 0.6) is 0 Å². The number of H-pyrrole nitrogens is 1. The van der Waals surface area contributed by atoms with E-state index in [1.165, 1.54) is 17.0 Å². The van der Waals surface area contributed by atoms with Crippen molar-refractivity contribution >= 4 is 16.7 Å². The zero-order chi connectivity index (χ0) is 9.54. The van der Waals surface area contributed by atoms with E-state index < -0.39 is 0 Å². The first kappa shape index (κ1) is 7.19. The van der Waals surface area contributed by atoms with Gasteiger partial charge >= 0.3 is 0 Å². The second kappa shape index (κ2) is 2.38. The lowest BCUT2D eigenvalue weighted by Crippen LogP contribution is -2.07. The van der Waals surface area contributed by atoms with Crippen LogP contribution in [0.1, 0.15) is 0 Å². The second-order valence-corrected chi connectivity index (χ2v) is 2.84. The summed E-state index contributed by atoms with van der Waals surface area (Å²) in [6.07, 6.45) is 4.48. The quantitative estimate of drug-likeness (QED) is 0.536. The maximum absolute atomic E-state index is 11.4. The fourth-order valence-corrected chi connectivity index (χ4v) is 1.41. The van der Waals surface area contributed by atoms with Crippen molar-refractivity contribution in [2.45, 2.75) is 0 Å². The number of fused-ring (bicyclic) bond motifs is 3. The Morgan fingerprint density at radius 1 is 1.36 bits per heavy atom. The van der Waals surface area contributed by atoms with Crippen molar-refractivity contribution in [3.8, 4) is 0 Å². The normalized spacial score (nSPS) is 11.1. The number of nitrogens with zero attached hydrogens (tertiary/aromatic N) is 4. The van der Waals surface area contributed by atoms with E-state index in [1.54, 1.807) is 12.3 Å². The Morgan fingerprint density at radius 2 is 2.29 bits per heavy atom. The van der Waals surface area contributed by atoms with E-state index in [1.807, 2.05) is 0 Å². The SMILES string of the molecule is O=c1[nH]ccc2c1cnc1ncnn12. The molecule has 0 bridgehead atoms. The van der Waals surface area contributed by atoms with Crippen LogP contribution < -0.4 is 5.56 Å². The van der Waals surface area contributed by atoms with Crippen LogP contribution in [0.25, 0.3) is 16.7 Å². The van der Waals surface area contributed by atoms with E-state index in [2.05, 4.69) is 20.1 Å². The molecule has 0 fully saturated rings. The molecule has 0 aliphatic rings. The molecule has 0 spiro atoms. The van der Waals surface area contributed by atoms with Crippen LogP contribution in [-0.2, 0) is 0 Å². The third kappa shape index (κ3) is 0.792. The summed E-state index contributed by atoms with van der Waals surface area (Å²) < 4.78 is 1.53. The highest BCUT2D eigenvalue weighted by Gasteiger charge is 2.04. The molecular formula is C8H5N5O. The molecule has 3 aromatic heterocycles. The summed E-state index contributed by atoms with van der Waals surface area (Å²) in [5, 5.41) is 4.48. The molecule has 3 rings (SSSR count). The molecule has 0 saturated carbocycles. The highest BCUT2D eigenvalue weighted by Crippen LogP contribution is 2.06. The number of rotatable bonds is 0. The molecule has 0 unspecified atom stereocenters. The maximum Gasteiger partial charge on any atom is 0.258 e. The fraction of sp³-hybridized carbons (Fsp3) is 0. The van der Waals surface area contributed by atoms with Crippen LogP contribution in [-0.4, -0.2) is 24.6 Å². The molecule has 0 radical (unpaired) electrons. The number of aromatic nitrogens is 5. The standard InChI is InChI=1S/C8H5N5O/c14-7-5-3-10-8-11-4-12-13(8)6(5)1-2-9-7/h1-4H,(H,9,14). The van der Waals surface area contributed by atoms with Crippen LogP contribution in [0.4, 0.5) is 0 Å². The monoisotopic (exact) mass is 187 g/mol. The van der Waals surface area contributed by atoms with Crippen molar-refractivity contribution in [2.24, 2.45) is 0 Å². The van der Waals surface area contributed by atoms with E-state index in [0.717, 1.165) is 0 Å². The molecule has 0 saturated heterocycles. The van der Waals surface area contributed by atoms with Crippen molar-refractivity contribution in [3.63, 3.8) is 0 Å². The summed E-state index contributed by atoms with van der Waals surface area (Å²) in [4.78, 5) is 21.9. The van der Waals surface area contributed by atoms with Gasteiger partial charge in [0.15, 0.2) is 0 Å². The molecule has 0 aliphatic heterocycles. The Hall–Kier alpha value is -2.24. The predicted molar refractivity (Wildman–Crippen MR) is 48.9 cm³/mol. The third-order valence-electron chi connectivity index (χ3n) is 2.04. The molecule has 68 valence electrons. The highest BCUT2D eigenvalue weighted by atomic mass is 16.1. The van der Waals surface area contributed by atoms with Gasteiger partial charge in [0.2, 0.25) is 0 Å². The largest absolute Gasteiger partial charge is 0.328 e. The average Bonchev–Trinajstić information content (AvgIpc) is 2.66. The highest BCUT2D eigenvalue weighted by molar-refractivity contribution is 5.78. The van der Waals surface area contributed by atoms with E-state index in [4.69, 9.17) is 0 Å². The number of nitrogens with one attached hydrogen (secondary N) is 1. The summed E-state index contributed by atoms with van der Waals surface area (Å²) >= 11 is 0. The first-order chi connectivity index (χ1) is 6.86. The molecule has 6 heteroatoms. The fourth-order valence-electron chi connectivity index (χ4n) is 1.41. The first-order valence-electron chi connectivity index (χ1n) is 4.02. The lowest BCUT2D eigenvalue weighted by molar-refractivity contribution is 0.979. The van der Waals surface area contributed by atoms with Gasteiger partial charge in [-0.3, -0.25) is 4.79 Å². The number of hydrogen-bond acceptors (Lipinski definition) is 4. The van der Waals surface area contributed by atoms with Crippen molar-refractivity contribution in [3.05, 3.63) is 35.1 Å². The number of aromatic amines is 1. The maximum atomic E-state index is 11.4. The Bertz CT molecular complexity index is 668. The van der Waals surface area contributed by atoms with Crippen molar-refractivity contribution in [1.82, 2.24) is 24.6 Å². The summed E-state index contributed by atoms with van der Waals surface area (Å²) in [5.41, 5.74) is 0.531. The van der Waals surface area contributed by atoms with Crippen LogP contribution in [0, 0.1) is 0 Å². The minimum Gasteiger partial charge on any atom is -0.328 e. The zero-order valence-electron chi connectivity index (χ0n) is 7.01. The number of pyridine rings is 1. The van der Waals surface area contributed by atoms with Gasteiger partial charge in [-0.2, -0.15) is 14.6 Å². The topological polar surface area (TPSA) is 75.9 Å². The van der Waals surface area contributed by atoms with Crippen LogP contribution in [0.15, 0.2) is 29.6 Å². The molecule has 0 aromatic carbocycles. The first-order valence-corrected chi connectivity index (χ1v) is 4.02. The molecule has 0 amide bonds. The second-order valence-electron chi connectivity index (χ2n) is 2.84. The lowest BCUT2D eigenvalue weighted by Gasteiger charge is -1.96. The van der Waals surface area contributed by atoms with Crippen molar-refractivity contribution in [1.29, 1.82) is 0 Å². The molecule has 3 aromatic rings. The zero-order valence-corrected chi connectivity index (χ0v) is 7.01. The van der Waals surface area contributed by atoms with Gasteiger partial charge < -0.3 is 4.98 Å². The smallest absolute Gasteiger partial charge is 0.258 e. The van der Waals surface area contributed by atoms with E-state index >= 15 is 0 Å². The minimum atomic E-state index is -0.174. The molecule has 1 N–H and O–H groups in total.